The maximum absolute atomic E-state index is 10.4. The summed E-state index contributed by atoms with van der Waals surface area (Å²) in [6.07, 6.45) is 30.4. The molecule has 0 aliphatic carbocycles. The highest BCUT2D eigenvalue weighted by Gasteiger charge is 1.95. The zero-order valence-electron chi connectivity index (χ0n) is 18.5. The molecule has 0 radical (unpaired) electrons. The van der Waals surface area contributed by atoms with Crippen molar-refractivity contribution in [2.45, 2.75) is 135 Å². The third-order valence-electron chi connectivity index (χ3n) is 5.49. The first-order chi connectivity index (χ1) is 13.8. The number of aliphatic carboxylic acids is 1. The molecule has 0 aromatic rings. The zero-order chi connectivity index (χ0) is 20.5. The number of rotatable bonds is 23. The third-order valence-corrected chi connectivity index (χ3v) is 5.49. The minimum atomic E-state index is -0.742. The lowest BCUT2D eigenvalue weighted by atomic mass is 10.0. The summed E-state index contributed by atoms with van der Waals surface area (Å²) in [5.74, 6) is -0.742. The van der Waals surface area contributed by atoms with Gasteiger partial charge in [-0.15, -0.1) is 0 Å². The van der Waals surface area contributed by atoms with Crippen molar-refractivity contribution in [3.8, 4) is 0 Å². The molecule has 0 heterocycles. The highest BCUT2D eigenvalue weighted by molar-refractivity contribution is 5.68. The van der Waals surface area contributed by atoms with Crippen molar-refractivity contribution in [1.82, 2.24) is 0 Å². The minimum Gasteiger partial charge on any atom is -0.481 e. The molecule has 0 saturated heterocycles. The monoisotopic (exact) mass is 396 g/mol. The molecule has 0 spiro atoms. The highest BCUT2D eigenvalue weighted by atomic mass is 16.4. The van der Waals surface area contributed by atoms with E-state index in [1.54, 1.807) is 6.08 Å². The first kappa shape index (κ1) is 27.2. The lowest BCUT2D eigenvalue weighted by molar-refractivity contribution is -0.136. The van der Waals surface area contributed by atoms with E-state index in [-0.39, 0.29) is 6.42 Å². The molecule has 28 heavy (non-hydrogen) atoms. The quantitative estimate of drug-likeness (QED) is 0.137. The molecular weight excluding hydrogens is 348 g/mol. The Hall–Kier alpha value is -0.830. The molecule has 0 saturated carbocycles. The number of carboxylic acids is 1. The van der Waals surface area contributed by atoms with Crippen molar-refractivity contribution in [2.75, 3.05) is 6.61 Å². The van der Waals surface area contributed by atoms with Gasteiger partial charge in [0.1, 0.15) is 0 Å². The molecule has 0 unspecified atom stereocenters. The van der Waals surface area contributed by atoms with Crippen molar-refractivity contribution in [1.29, 1.82) is 0 Å². The maximum atomic E-state index is 10.4. The molecule has 0 fully saturated rings. The number of hydrogen-bond donors (Lipinski definition) is 2. The molecule has 0 amide bonds. The van der Waals surface area contributed by atoms with Crippen LogP contribution in [0, 0.1) is 0 Å². The van der Waals surface area contributed by atoms with Gasteiger partial charge in [0.05, 0.1) is 6.42 Å². The fraction of sp³-hybridized carbons (Fsp3) is 0.880. The Morgan fingerprint density at radius 3 is 1.14 bits per heavy atom. The molecule has 3 heteroatoms. The minimum absolute atomic E-state index is 0.159. The van der Waals surface area contributed by atoms with Gasteiger partial charge in [0.15, 0.2) is 0 Å². The van der Waals surface area contributed by atoms with Crippen LogP contribution in [0.4, 0.5) is 0 Å². The summed E-state index contributed by atoms with van der Waals surface area (Å²) in [5.41, 5.74) is 0. The van der Waals surface area contributed by atoms with Crippen molar-refractivity contribution < 1.29 is 15.0 Å². The third kappa shape index (κ3) is 25.2. The smallest absolute Gasteiger partial charge is 0.307 e. The van der Waals surface area contributed by atoms with Crippen LogP contribution in [0.3, 0.4) is 0 Å². The number of allylic oxidation sites excluding steroid dienone is 1. The zero-order valence-corrected chi connectivity index (χ0v) is 18.5. The molecule has 3 nitrogen and oxygen atoms in total. The maximum Gasteiger partial charge on any atom is 0.307 e. The number of hydrogen-bond acceptors (Lipinski definition) is 2. The molecule has 0 aromatic heterocycles. The van der Waals surface area contributed by atoms with Gasteiger partial charge in [-0.3, -0.25) is 4.79 Å². The second kappa shape index (κ2) is 24.2. The van der Waals surface area contributed by atoms with Crippen LogP contribution in [0.15, 0.2) is 12.2 Å². The summed E-state index contributed by atoms with van der Waals surface area (Å²) >= 11 is 0. The van der Waals surface area contributed by atoms with Gasteiger partial charge in [-0.05, 0) is 19.3 Å². The lowest BCUT2D eigenvalue weighted by Crippen LogP contribution is -1.89. The Morgan fingerprint density at radius 1 is 0.500 bits per heavy atom. The van der Waals surface area contributed by atoms with Crippen LogP contribution in [-0.4, -0.2) is 22.8 Å². The van der Waals surface area contributed by atoms with Crippen LogP contribution in [0.25, 0.3) is 0 Å². The molecular formula is C25H48O3. The summed E-state index contributed by atoms with van der Waals surface area (Å²) in [4.78, 5) is 10.4. The van der Waals surface area contributed by atoms with E-state index in [1.807, 2.05) is 6.08 Å². The van der Waals surface area contributed by atoms with Gasteiger partial charge in [0.2, 0.25) is 0 Å². The average molecular weight is 397 g/mol. The molecule has 0 aliphatic rings. The Labute approximate surface area is 175 Å². The van der Waals surface area contributed by atoms with E-state index in [9.17, 15) is 4.79 Å². The Bertz CT molecular complexity index is 339. The van der Waals surface area contributed by atoms with E-state index < -0.39 is 5.97 Å². The number of aliphatic hydroxyl groups is 1. The number of carboxylic acid groups (broad SMARTS) is 1. The molecule has 0 bridgehead atoms. The lowest BCUT2D eigenvalue weighted by Gasteiger charge is -2.04. The number of carbonyl (C=O) groups is 1. The SMILES string of the molecule is O=C(O)CC=CCCCCCCCCCCCCCCCCCCCCCO. The average Bonchev–Trinajstić information content (AvgIpc) is 2.68. The molecule has 0 rings (SSSR count). The number of aliphatic hydroxyl groups excluding tert-OH is 1. The molecule has 166 valence electrons. The summed E-state index contributed by atoms with van der Waals surface area (Å²) < 4.78 is 0. The van der Waals surface area contributed by atoms with Crippen LogP contribution in [0.1, 0.15) is 135 Å². The first-order valence-corrected chi connectivity index (χ1v) is 12.2. The summed E-state index contributed by atoms with van der Waals surface area (Å²) in [6, 6.07) is 0. The van der Waals surface area contributed by atoms with Crippen LogP contribution < -0.4 is 0 Å². The highest BCUT2D eigenvalue weighted by Crippen LogP contribution is 2.14. The van der Waals surface area contributed by atoms with Gasteiger partial charge in [-0.25, -0.2) is 0 Å². The van der Waals surface area contributed by atoms with Crippen LogP contribution in [-0.2, 0) is 4.79 Å². The summed E-state index contributed by atoms with van der Waals surface area (Å²) in [5, 5.41) is 17.3. The first-order valence-electron chi connectivity index (χ1n) is 12.2. The Morgan fingerprint density at radius 2 is 0.821 bits per heavy atom. The van der Waals surface area contributed by atoms with Crippen molar-refractivity contribution in [3.63, 3.8) is 0 Å². The van der Waals surface area contributed by atoms with Crippen LogP contribution >= 0.6 is 0 Å². The Balaban J connectivity index is 3.03. The van der Waals surface area contributed by atoms with Gasteiger partial charge in [0, 0.05) is 6.61 Å². The fourth-order valence-electron chi connectivity index (χ4n) is 3.68. The van der Waals surface area contributed by atoms with E-state index in [4.69, 9.17) is 10.2 Å². The predicted molar refractivity (Wildman–Crippen MR) is 121 cm³/mol. The van der Waals surface area contributed by atoms with Gasteiger partial charge in [-0.1, -0.05) is 121 Å². The summed E-state index contributed by atoms with van der Waals surface area (Å²) in [6.45, 7) is 0.358. The molecule has 2 N–H and O–H groups in total. The largest absolute Gasteiger partial charge is 0.481 e. The van der Waals surface area contributed by atoms with Crippen molar-refractivity contribution in [3.05, 3.63) is 12.2 Å². The molecule has 0 aliphatic heterocycles. The van der Waals surface area contributed by atoms with Gasteiger partial charge in [0.25, 0.3) is 0 Å². The number of unbranched alkanes of at least 4 members (excludes halogenated alkanes) is 19. The predicted octanol–water partition coefficient (Wildman–Crippen LogP) is 7.81. The van der Waals surface area contributed by atoms with Crippen LogP contribution in [0.2, 0.25) is 0 Å². The van der Waals surface area contributed by atoms with E-state index in [2.05, 4.69) is 0 Å². The van der Waals surface area contributed by atoms with Gasteiger partial charge >= 0.3 is 5.97 Å². The second-order valence-electron chi connectivity index (χ2n) is 8.30. The van der Waals surface area contributed by atoms with E-state index >= 15 is 0 Å². The normalized spacial score (nSPS) is 11.5. The fourth-order valence-corrected chi connectivity index (χ4v) is 3.68. The van der Waals surface area contributed by atoms with Gasteiger partial charge < -0.3 is 10.2 Å². The van der Waals surface area contributed by atoms with Crippen molar-refractivity contribution in [2.24, 2.45) is 0 Å². The van der Waals surface area contributed by atoms with E-state index in [0.29, 0.717) is 6.61 Å². The van der Waals surface area contributed by atoms with Crippen LogP contribution in [0.5, 0.6) is 0 Å². The molecule has 0 atom stereocenters. The topological polar surface area (TPSA) is 57.5 Å². The van der Waals surface area contributed by atoms with E-state index in [1.165, 1.54) is 116 Å². The van der Waals surface area contributed by atoms with Crippen molar-refractivity contribution >= 4 is 5.97 Å². The van der Waals surface area contributed by atoms with E-state index in [0.717, 1.165) is 12.8 Å². The summed E-state index contributed by atoms with van der Waals surface area (Å²) in [7, 11) is 0. The van der Waals surface area contributed by atoms with Gasteiger partial charge in [-0.2, -0.15) is 0 Å². The second-order valence-corrected chi connectivity index (χ2v) is 8.30. The standard InChI is InChI=1S/C25H48O3/c26-24-22-20-18-16-14-12-10-8-6-4-2-1-3-5-7-9-11-13-15-17-19-21-23-25(27)28/h19,21,26H,1-18,20,22-24H2,(H,27,28). The Kier molecular flexibility index (Phi) is 23.5. The molecule has 0 aromatic carbocycles.